The number of hydrogen-bond acceptors (Lipinski definition) is 13. The Labute approximate surface area is 247 Å². The van der Waals surface area contributed by atoms with E-state index >= 15 is 0 Å². The van der Waals surface area contributed by atoms with Crippen LogP contribution in [0.3, 0.4) is 0 Å². The predicted molar refractivity (Wildman–Crippen MR) is 152 cm³/mol. The number of nitrogens with zero attached hydrogens (tertiary/aromatic N) is 2. The number of aromatic hydroxyl groups is 1. The van der Waals surface area contributed by atoms with Crippen molar-refractivity contribution in [2.45, 2.75) is 25.4 Å². The highest BCUT2D eigenvalue weighted by molar-refractivity contribution is 7.90. The number of carbonyl (C=O) groups is 2. The first-order valence-electron chi connectivity index (χ1n) is 13.1. The fourth-order valence-corrected chi connectivity index (χ4v) is 5.32. The lowest BCUT2D eigenvalue weighted by Gasteiger charge is -2.34. The minimum atomic E-state index is -3.49. The Kier molecular flexibility index (Phi) is 9.29. The van der Waals surface area contributed by atoms with Crippen molar-refractivity contribution in [3.05, 3.63) is 74.7 Å². The van der Waals surface area contributed by atoms with Gasteiger partial charge in [0.25, 0.3) is 0 Å². The Balaban J connectivity index is 1.84. The molecule has 1 fully saturated rings. The second-order valence-electron chi connectivity index (χ2n) is 10.4. The summed E-state index contributed by atoms with van der Waals surface area (Å²) in [5.41, 5.74) is 0.401. The second-order valence-corrected chi connectivity index (χ2v) is 14.9. The molecule has 1 aliphatic heterocycles. The van der Waals surface area contributed by atoms with E-state index in [0.29, 0.717) is 11.1 Å². The molecule has 2 aromatic rings. The highest BCUT2D eigenvalue weighted by atomic mass is 32.2. The average molecular weight is 639 g/mol. The van der Waals surface area contributed by atoms with Crippen molar-refractivity contribution in [3.8, 4) is 5.75 Å². The summed E-state index contributed by atoms with van der Waals surface area (Å²) in [5.74, 6) is -3.40. The molecule has 2 heterocycles. The Morgan fingerprint density at radius 1 is 1.00 bits per heavy atom. The molecule has 1 unspecified atom stereocenters. The van der Waals surface area contributed by atoms with Crippen LogP contribution in [0.2, 0.25) is 0 Å². The van der Waals surface area contributed by atoms with E-state index in [1.54, 1.807) is 4.90 Å². The molecule has 16 heteroatoms. The molecule has 0 amide bonds. The van der Waals surface area contributed by atoms with Crippen LogP contribution in [0, 0.1) is 16.0 Å². The third kappa shape index (κ3) is 8.67. The molecule has 0 bridgehead atoms. The number of phenolic OH excluding ortho intramolecular Hbond substituents is 1. The van der Waals surface area contributed by atoms with Crippen LogP contribution in [0.25, 0.3) is 6.08 Å². The van der Waals surface area contributed by atoms with Gasteiger partial charge in [0.2, 0.25) is 0 Å². The number of carbonyl (C=O) groups excluding carboxylic acids is 2. The van der Waals surface area contributed by atoms with E-state index in [1.165, 1.54) is 42.6 Å². The van der Waals surface area contributed by atoms with Crippen LogP contribution in [0.5, 0.6) is 5.75 Å². The summed E-state index contributed by atoms with van der Waals surface area (Å²) in [6.45, 7) is -1.11. The molecule has 4 rings (SSSR count). The van der Waals surface area contributed by atoms with Crippen LogP contribution < -0.4 is 0 Å². The average Bonchev–Trinajstić information content (AvgIpc) is 3.60. The maximum atomic E-state index is 13.4. The highest BCUT2D eigenvalue weighted by Gasteiger charge is 2.39. The van der Waals surface area contributed by atoms with Crippen molar-refractivity contribution in [1.29, 1.82) is 0 Å². The van der Waals surface area contributed by atoms with Gasteiger partial charge in [0.15, 0.2) is 19.7 Å². The minimum absolute atomic E-state index is 0.0425. The van der Waals surface area contributed by atoms with Gasteiger partial charge in [-0.2, -0.15) is 0 Å². The van der Waals surface area contributed by atoms with E-state index in [0.717, 1.165) is 25.4 Å². The summed E-state index contributed by atoms with van der Waals surface area (Å²) in [7, 11) is -6.98. The van der Waals surface area contributed by atoms with Crippen LogP contribution in [-0.2, 0) is 45.3 Å². The van der Waals surface area contributed by atoms with Gasteiger partial charge < -0.3 is 23.9 Å². The number of phenols is 1. The zero-order chi connectivity index (χ0) is 31.5. The van der Waals surface area contributed by atoms with Gasteiger partial charge in [-0.1, -0.05) is 6.07 Å². The molecule has 232 valence electrons. The maximum absolute atomic E-state index is 13.4. The number of esters is 2. The highest BCUT2D eigenvalue weighted by Crippen LogP contribution is 2.48. The van der Waals surface area contributed by atoms with E-state index in [1.807, 2.05) is 0 Å². The molecule has 43 heavy (non-hydrogen) atoms. The zero-order valence-electron chi connectivity index (χ0n) is 23.3. The lowest BCUT2D eigenvalue weighted by molar-refractivity contribution is -0.402. The number of nitro groups is 1. The Morgan fingerprint density at radius 3 is 2.14 bits per heavy atom. The van der Waals surface area contributed by atoms with Gasteiger partial charge in [0.1, 0.15) is 29.6 Å². The first-order chi connectivity index (χ1) is 20.1. The number of rotatable bonds is 12. The summed E-state index contributed by atoms with van der Waals surface area (Å²) in [5, 5.41) is 21.6. The van der Waals surface area contributed by atoms with Crippen LogP contribution in [0.4, 0.5) is 5.88 Å². The first kappa shape index (κ1) is 31.7. The van der Waals surface area contributed by atoms with E-state index in [9.17, 15) is 41.6 Å². The lowest BCUT2D eigenvalue weighted by Crippen LogP contribution is -2.30. The molecule has 1 aliphatic carbocycles. The predicted octanol–water partition coefficient (Wildman–Crippen LogP) is 2.30. The van der Waals surface area contributed by atoms with Crippen LogP contribution in [0.15, 0.2) is 52.1 Å². The molecular weight excluding hydrogens is 608 g/mol. The first-order valence-corrected chi connectivity index (χ1v) is 17.2. The Bertz CT molecular complexity index is 1700. The van der Waals surface area contributed by atoms with Crippen molar-refractivity contribution in [1.82, 2.24) is 4.90 Å². The Hall–Kier alpha value is -4.18. The van der Waals surface area contributed by atoms with E-state index < -0.39 is 73.2 Å². The summed E-state index contributed by atoms with van der Waals surface area (Å²) in [4.78, 5) is 39.0. The van der Waals surface area contributed by atoms with Gasteiger partial charge in [-0.05, 0) is 54.2 Å². The summed E-state index contributed by atoms with van der Waals surface area (Å²) < 4.78 is 62.3. The smallest absolute Gasteiger partial charge is 0.433 e. The number of ether oxygens (including phenoxy) is 2. The van der Waals surface area contributed by atoms with Gasteiger partial charge >= 0.3 is 17.8 Å². The molecule has 0 radical (unpaired) electrons. The van der Waals surface area contributed by atoms with Crippen LogP contribution in [0.1, 0.15) is 35.8 Å². The number of hydrogen-bond donors (Lipinski definition) is 1. The van der Waals surface area contributed by atoms with Crippen molar-refractivity contribution in [2.75, 3.05) is 37.2 Å². The quantitative estimate of drug-likeness (QED) is 0.202. The molecule has 0 saturated heterocycles. The molecule has 0 spiro atoms. The Morgan fingerprint density at radius 2 is 1.60 bits per heavy atom. The zero-order valence-corrected chi connectivity index (χ0v) is 24.9. The summed E-state index contributed by atoms with van der Waals surface area (Å²) in [6.07, 6.45) is 6.21. The van der Waals surface area contributed by atoms with Crippen molar-refractivity contribution >= 4 is 43.6 Å². The normalized spacial score (nSPS) is 17.2. The van der Waals surface area contributed by atoms with E-state index in [2.05, 4.69) is 0 Å². The minimum Gasteiger partial charge on any atom is -0.508 e. The fourth-order valence-electron chi connectivity index (χ4n) is 4.55. The number of benzene rings is 1. The molecule has 1 saturated carbocycles. The molecule has 1 N–H and O–H groups in total. The SMILES string of the molecule is CS(=O)(=O)CCOC(=O)C1=Cc2ccc(O)cc2C(C2CC2)N(Cc2ccc([N+](=O)[O-])o2)C=C1C(=O)OCCS(C)(=O)=O. The van der Waals surface area contributed by atoms with Crippen LogP contribution >= 0.6 is 0 Å². The molecule has 1 aromatic heterocycles. The van der Waals surface area contributed by atoms with E-state index in [4.69, 9.17) is 13.9 Å². The summed E-state index contributed by atoms with van der Waals surface area (Å²) >= 11 is 0. The van der Waals surface area contributed by atoms with Gasteiger partial charge in [-0.15, -0.1) is 0 Å². The number of fused-ring (bicyclic) bond motifs is 1. The topological polar surface area (TPSA) is 201 Å². The number of furan rings is 1. The molecule has 14 nitrogen and oxygen atoms in total. The molecule has 1 atom stereocenters. The van der Waals surface area contributed by atoms with Gasteiger partial charge in [-0.25, -0.2) is 26.4 Å². The van der Waals surface area contributed by atoms with Crippen molar-refractivity contribution in [2.24, 2.45) is 5.92 Å². The lowest BCUT2D eigenvalue weighted by atomic mass is 9.90. The second kappa shape index (κ2) is 12.6. The summed E-state index contributed by atoms with van der Waals surface area (Å²) in [6, 6.07) is 6.55. The van der Waals surface area contributed by atoms with E-state index in [-0.39, 0.29) is 35.1 Å². The molecule has 1 aromatic carbocycles. The fraction of sp³-hybridized carbons (Fsp3) is 0.407. The van der Waals surface area contributed by atoms with Gasteiger partial charge in [-0.3, -0.25) is 10.1 Å². The standard InChI is InChI=1S/C27H30N2O12S2/c1-42(35,36)11-9-39-26(31)22-13-18-5-6-19(30)14-21(18)25(17-3-4-17)28(15-20-7-8-24(41-20)29(33)34)16-23(22)27(32)40-10-12-43(2,37)38/h5-8,13-14,16-17,25,30H,3-4,9-12,15H2,1-2H3. The maximum Gasteiger partial charge on any atom is 0.433 e. The van der Waals surface area contributed by atoms with Crippen molar-refractivity contribution < 1.29 is 50.3 Å². The molecular formula is C27H30N2O12S2. The van der Waals surface area contributed by atoms with Gasteiger partial charge in [0, 0.05) is 18.7 Å². The van der Waals surface area contributed by atoms with Crippen LogP contribution in [-0.4, -0.2) is 80.9 Å². The van der Waals surface area contributed by atoms with Crippen molar-refractivity contribution in [3.63, 3.8) is 0 Å². The third-order valence-corrected chi connectivity index (χ3v) is 8.50. The molecule has 2 aliphatic rings. The number of sulfone groups is 2. The monoisotopic (exact) mass is 638 g/mol. The third-order valence-electron chi connectivity index (χ3n) is 6.68. The van der Waals surface area contributed by atoms with Gasteiger partial charge in [0.05, 0.1) is 41.3 Å². The largest absolute Gasteiger partial charge is 0.508 e.